The molecule has 2 heterocycles. The Labute approximate surface area is 143 Å². The van der Waals surface area contributed by atoms with Crippen molar-refractivity contribution in [3.8, 4) is 0 Å². The highest BCUT2D eigenvalue weighted by atomic mass is 35.5. The van der Waals surface area contributed by atoms with E-state index in [-0.39, 0.29) is 22.4 Å². The van der Waals surface area contributed by atoms with Gasteiger partial charge in [-0.1, -0.05) is 17.7 Å². The molecule has 0 aliphatic rings. The van der Waals surface area contributed by atoms with Crippen molar-refractivity contribution in [3.63, 3.8) is 0 Å². The minimum atomic E-state index is -3.83. The number of halogens is 2. The second kappa shape index (κ2) is 6.37. The molecule has 0 bridgehead atoms. The highest BCUT2D eigenvalue weighted by Crippen LogP contribution is 2.26. The zero-order valence-corrected chi connectivity index (χ0v) is 14.3. The van der Waals surface area contributed by atoms with Crippen LogP contribution in [0.5, 0.6) is 0 Å². The van der Waals surface area contributed by atoms with Crippen molar-refractivity contribution in [1.29, 1.82) is 0 Å². The van der Waals surface area contributed by atoms with E-state index in [2.05, 4.69) is 15.3 Å². The van der Waals surface area contributed by atoms with Crippen molar-refractivity contribution in [2.45, 2.75) is 11.8 Å². The Morgan fingerprint density at radius 1 is 1.21 bits per heavy atom. The third-order valence-corrected chi connectivity index (χ3v) is 5.30. The zero-order valence-electron chi connectivity index (χ0n) is 12.7. The first-order chi connectivity index (χ1) is 11.4. The maximum absolute atomic E-state index is 12.8. The number of aromatic nitrogens is 3. The Morgan fingerprint density at radius 3 is 2.58 bits per heavy atom. The van der Waals surface area contributed by atoms with Crippen LogP contribution in [0.4, 0.5) is 10.2 Å². The summed E-state index contributed by atoms with van der Waals surface area (Å²) >= 11 is 5.88. The van der Waals surface area contributed by atoms with E-state index >= 15 is 0 Å². The Bertz CT molecular complexity index is 987. The SMILES string of the molecule is Cc1ccc(S(=O)(=O)n2ccc3c(NCCF)nc(Cl)nc32)cc1. The Balaban J connectivity index is 2.16. The molecule has 24 heavy (non-hydrogen) atoms. The molecule has 0 radical (unpaired) electrons. The molecule has 3 rings (SSSR count). The van der Waals surface area contributed by atoms with Crippen molar-refractivity contribution in [2.75, 3.05) is 18.5 Å². The Kier molecular flexibility index (Phi) is 4.42. The van der Waals surface area contributed by atoms with E-state index in [0.717, 1.165) is 9.54 Å². The lowest BCUT2D eigenvalue weighted by molar-refractivity contribution is 0.512. The van der Waals surface area contributed by atoms with Crippen LogP contribution in [0.3, 0.4) is 0 Å². The maximum Gasteiger partial charge on any atom is 0.269 e. The van der Waals surface area contributed by atoms with Gasteiger partial charge in [0.2, 0.25) is 5.28 Å². The monoisotopic (exact) mass is 368 g/mol. The van der Waals surface area contributed by atoms with E-state index in [1.165, 1.54) is 18.3 Å². The summed E-state index contributed by atoms with van der Waals surface area (Å²) in [5, 5.41) is 3.10. The van der Waals surface area contributed by atoms with Crippen LogP contribution in [-0.2, 0) is 10.0 Å². The van der Waals surface area contributed by atoms with Crippen LogP contribution >= 0.6 is 11.6 Å². The predicted octanol–water partition coefficient (Wildman–Crippen LogP) is 3.01. The molecular weight excluding hydrogens is 355 g/mol. The molecular formula is C15H14ClFN4O2S. The fraction of sp³-hybridized carbons (Fsp3) is 0.200. The van der Waals surface area contributed by atoms with Crippen LogP contribution in [0, 0.1) is 6.92 Å². The molecule has 0 saturated carbocycles. The van der Waals surface area contributed by atoms with Crippen molar-refractivity contribution in [1.82, 2.24) is 13.9 Å². The second-order valence-corrected chi connectivity index (χ2v) is 7.28. The number of aryl methyl sites for hydroxylation is 1. The number of nitrogens with zero attached hydrogens (tertiary/aromatic N) is 3. The fourth-order valence-corrected chi connectivity index (χ4v) is 3.74. The van der Waals surface area contributed by atoms with Crippen LogP contribution < -0.4 is 5.32 Å². The molecule has 0 saturated heterocycles. The highest BCUT2D eigenvalue weighted by molar-refractivity contribution is 7.90. The van der Waals surface area contributed by atoms with Gasteiger partial charge in [0.25, 0.3) is 10.0 Å². The summed E-state index contributed by atoms with van der Waals surface area (Å²) in [5.74, 6) is 0.292. The van der Waals surface area contributed by atoms with Crippen molar-refractivity contribution in [3.05, 3.63) is 47.4 Å². The lowest BCUT2D eigenvalue weighted by Gasteiger charge is -2.09. The standard InChI is InChI=1S/C15H14ClFN4O2S/c1-10-2-4-11(5-3-10)24(22,23)21-9-6-12-13(18-8-7-17)19-15(16)20-14(12)21/h2-6,9H,7-8H2,1H3,(H,18,19,20). The topological polar surface area (TPSA) is 76.9 Å². The number of hydrogen-bond acceptors (Lipinski definition) is 5. The summed E-state index contributed by atoms with van der Waals surface area (Å²) in [6, 6.07) is 8.05. The van der Waals surface area contributed by atoms with Gasteiger partial charge in [-0.25, -0.2) is 21.8 Å². The number of anilines is 1. The largest absolute Gasteiger partial charge is 0.367 e. The van der Waals surface area contributed by atoms with Crippen molar-refractivity contribution < 1.29 is 12.8 Å². The molecule has 2 aromatic heterocycles. The van der Waals surface area contributed by atoms with Crippen LogP contribution in [-0.4, -0.2) is 35.6 Å². The molecule has 126 valence electrons. The van der Waals surface area contributed by atoms with E-state index in [4.69, 9.17) is 11.6 Å². The molecule has 0 aliphatic heterocycles. The quantitative estimate of drug-likeness (QED) is 0.700. The molecule has 6 nitrogen and oxygen atoms in total. The number of rotatable bonds is 5. The third kappa shape index (κ3) is 2.94. The Hall–Kier alpha value is -2.19. The first kappa shape index (κ1) is 16.7. The van der Waals surface area contributed by atoms with Gasteiger partial charge in [-0.2, -0.15) is 4.98 Å². The first-order valence-corrected chi connectivity index (χ1v) is 8.92. The van der Waals surface area contributed by atoms with E-state index in [1.807, 2.05) is 6.92 Å². The summed E-state index contributed by atoms with van der Waals surface area (Å²) in [6.07, 6.45) is 1.38. The smallest absolute Gasteiger partial charge is 0.269 e. The maximum atomic E-state index is 12.8. The summed E-state index contributed by atoms with van der Waals surface area (Å²) in [6.45, 7) is 1.32. The molecule has 0 aliphatic carbocycles. The van der Waals surface area contributed by atoms with Gasteiger partial charge in [0, 0.05) is 12.7 Å². The van der Waals surface area contributed by atoms with Crippen molar-refractivity contribution >= 4 is 38.5 Å². The lowest BCUT2D eigenvalue weighted by atomic mass is 10.2. The first-order valence-electron chi connectivity index (χ1n) is 7.10. The van der Waals surface area contributed by atoms with E-state index < -0.39 is 16.7 Å². The molecule has 3 aromatic rings. The van der Waals surface area contributed by atoms with Gasteiger partial charge in [0.05, 0.1) is 10.3 Å². The van der Waals surface area contributed by atoms with E-state index in [0.29, 0.717) is 11.2 Å². The van der Waals surface area contributed by atoms with Crippen LogP contribution in [0.15, 0.2) is 41.4 Å². The molecule has 0 spiro atoms. The van der Waals surface area contributed by atoms with Crippen LogP contribution in [0.1, 0.15) is 5.56 Å². The van der Waals surface area contributed by atoms with E-state index in [1.54, 1.807) is 18.2 Å². The Morgan fingerprint density at radius 2 is 1.92 bits per heavy atom. The third-order valence-electron chi connectivity index (χ3n) is 3.45. The van der Waals surface area contributed by atoms with Gasteiger partial charge in [0.1, 0.15) is 12.5 Å². The molecule has 0 fully saturated rings. The average molecular weight is 369 g/mol. The zero-order chi connectivity index (χ0) is 17.3. The molecule has 0 unspecified atom stereocenters. The molecule has 9 heteroatoms. The number of benzene rings is 1. The second-order valence-electron chi connectivity index (χ2n) is 5.12. The van der Waals surface area contributed by atoms with Gasteiger partial charge in [0.15, 0.2) is 5.65 Å². The molecule has 0 amide bonds. The van der Waals surface area contributed by atoms with Gasteiger partial charge in [-0.3, -0.25) is 0 Å². The van der Waals surface area contributed by atoms with Crippen LogP contribution in [0.2, 0.25) is 5.28 Å². The normalized spacial score (nSPS) is 11.8. The van der Waals surface area contributed by atoms with Gasteiger partial charge >= 0.3 is 0 Å². The van der Waals surface area contributed by atoms with Gasteiger partial charge in [-0.15, -0.1) is 0 Å². The predicted molar refractivity (Wildman–Crippen MR) is 90.8 cm³/mol. The summed E-state index contributed by atoms with van der Waals surface area (Å²) < 4.78 is 39.1. The summed E-state index contributed by atoms with van der Waals surface area (Å²) in [4.78, 5) is 8.14. The molecule has 1 aromatic carbocycles. The number of nitrogens with one attached hydrogen (secondary N) is 1. The van der Waals surface area contributed by atoms with Gasteiger partial charge < -0.3 is 5.32 Å². The summed E-state index contributed by atoms with van der Waals surface area (Å²) in [7, 11) is -3.83. The molecule has 0 atom stereocenters. The summed E-state index contributed by atoms with van der Waals surface area (Å²) in [5.41, 5.74) is 1.09. The van der Waals surface area contributed by atoms with Crippen LogP contribution in [0.25, 0.3) is 11.0 Å². The average Bonchev–Trinajstić information content (AvgIpc) is 2.97. The number of alkyl halides is 1. The minimum Gasteiger partial charge on any atom is -0.367 e. The minimum absolute atomic E-state index is 0.0400. The molecule has 1 N–H and O–H groups in total. The fourth-order valence-electron chi connectivity index (χ4n) is 2.28. The van der Waals surface area contributed by atoms with Gasteiger partial charge in [-0.05, 0) is 36.7 Å². The lowest BCUT2D eigenvalue weighted by Crippen LogP contribution is -2.13. The van der Waals surface area contributed by atoms with Crippen molar-refractivity contribution in [2.24, 2.45) is 0 Å². The number of fused-ring (bicyclic) bond motifs is 1. The number of hydrogen-bond donors (Lipinski definition) is 1. The highest BCUT2D eigenvalue weighted by Gasteiger charge is 2.21. The van der Waals surface area contributed by atoms with E-state index in [9.17, 15) is 12.8 Å².